The molecule has 0 aliphatic rings. The van der Waals surface area contributed by atoms with Crippen molar-refractivity contribution in [2.45, 2.75) is 6.42 Å². The van der Waals surface area contributed by atoms with Crippen LogP contribution in [-0.2, 0) is 6.42 Å². The summed E-state index contributed by atoms with van der Waals surface area (Å²) in [7, 11) is 3.55. The number of hydrogen-bond acceptors (Lipinski definition) is 5. The van der Waals surface area contributed by atoms with Crippen molar-refractivity contribution in [3.05, 3.63) is 42.2 Å². The second-order valence-corrected chi connectivity index (χ2v) is 4.26. The molecule has 0 bridgehead atoms. The highest BCUT2D eigenvalue weighted by Gasteiger charge is 2.09. The molecule has 0 saturated heterocycles. The Labute approximate surface area is 113 Å². The third-order valence-electron chi connectivity index (χ3n) is 2.88. The molecule has 0 aliphatic heterocycles. The van der Waals surface area contributed by atoms with E-state index in [1.165, 1.54) is 0 Å². The van der Waals surface area contributed by atoms with Crippen molar-refractivity contribution in [3.63, 3.8) is 0 Å². The summed E-state index contributed by atoms with van der Waals surface area (Å²) in [5.41, 5.74) is 7.63. The zero-order chi connectivity index (χ0) is 13.7. The van der Waals surface area contributed by atoms with E-state index in [9.17, 15) is 0 Å². The number of hydrogen-bond donors (Lipinski definition) is 1. The van der Waals surface area contributed by atoms with E-state index in [1.54, 1.807) is 25.4 Å². The molecule has 0 fully saturated rings. The lowest BCUT2D eigenvalue weighted by Gasteiger charge is -2.20. The second-order valence-electron chi connectivity index (χ2n) is 4.26. The first-order valence-corrected chi connectivity index (χ1v) is 6.12. The fourth-order valence-electron chi connectivity index (χ4n) is 1.80. The Morgan fingerprint density at radius 3 is 2.79 bits per heavy atom. The van der Waals surface area contributed by atoms with Crippen LogP contribution < -0.4 is 15.4 Å². The molecule has 0 aliphatic carbocycles. The SMILES string of the molecule is COc1ccc(N)c(N(C)CCc2ccccn2)n1. The fraction of sp³-hybridized carbons (Fsp3) is 0.286. The van der Waals surface area contributed by atoms with Gasteiger partial charge in [0.15, 0.2) is 5.82 Å². The Morgan fingerprint density at radius 2 is 2.11 bits per heavy atom. The Kier molecular flexibility index (Phi) is 4.18. The molecule has 0 spiro atoms. The summed E-state index contributed by atoms with van der Waals surface area (Å²) in [5.74, 6) is 1.30. The van der Waals surface area contributed by atoms with Crippen LogP contribution in [0.1, 0.15) is 5.69 Å². The summed E-state index contributed by atoms with van der Waals surface area (Å²) in [4.78, 5) is 10.7. The first-order chi connectivity index (χ1) is 9.20. The van der Waals surface area contributed by atoms with Crippen LogP contribution in [0, 0.1) is 0 Å². The van der Waals surface area contributed by atoms with Gasteiger partial charge in [-0.2, -0.15) is 4.98 Å². The van der Waals surface area contributed by atoms with Gasteiger partial charge in [-0.15, -0.1) is 0 Å². The van der Waals surface area contributed by atoms with E-state index in [4.69, 9.17) is 10.5 Å². The first-order valence-electron chi connectivity index (χ1n) is 6.12. The number of methoxy groups -OCH3 is 1. The van der Waals surface area contributed by atoms with Crippen molar-refractivity contribution >= 4 is 11.5 Å². The second kappa shape index (κ2) is 6.04. The Bertz CT molecular complexity index is 530. The molecule has 100 valence electrons. The molecule has 19 heavy (non-hydrogen) atoms. The smallest absolute Gasteiger partial charge is 0.215 e. The largest absolute Gasteiger partial charge is 0.481 e. The molecule has 2 heterocycles. The van der Waals surface area contributed by atoms with Crippen molar-refractivity contribution in [3.8, 4) is 5.88 Å². The van der Waals surface area contributed by atoms with E-state index in [0.29, 0.717) is 11.6 Å². The number of nitrogens with two attached hydrogens (primary N) is 1. The minimum Gasteiger partial charge on any atom is -0.481 e. The third-order valence-corrected chi connectivity index (χ3v) is 2.88. The van der Waals surface area contributed by atoms with Crippen LogP contribution in [0.3, 0.4) is 0 Å². The number of rotatable bonds is 5. The van der Waals surface area contributed by atoms with E-state index in [-0.39, 0.29) is 0 Å². The monoisotopic (exact) mass is 258 g/mol. The normalized spacial score (nSPS) is 10.2. The summed E-state index contributed by atoms with van der Waals surface area (Å²) in [5, 5.41) is 0. The zero-order valence-electron chi connectivity index (χ0n) is 11.2. The highest BCUT2D eigenvalue weighted by molar-refractivity contribution is 5.63. The predicted octanol–water partition coefficient (Wildman–Crippen LogP) is 1.75. The van der Waals surface area contributed by atoms with Gasteiger partial charge in [-0.25, -0.2) is 0 Å². The highest BCUT2D eigenvalue weighted by Crippen LogP contribution is 2.22. The lowest BCUT2D eigenvalue weighted by atomic mass is 10.2. The van der Waals surface area contributed by atoms with Crippen molar-refractivity contribution in [1.82, 2.24) is 9.97 Å². The minimum atomic E-state index is 0.564. The Hall–Kier alpha value is -2.30. The predicted molar refractivity (Wildman–Crippen MR) is 76.4 cm³/mol. The van der Waals surface area contributed by atoms with Gasteiger partial charge in [-0.1, -0.05) is 6.07 Å². The molecule has 0 atom stereocenters. The van der Waals surface area contributed by atoms with Gasteiger partial charge in [0.25, 0.3) is 0 Å². The van der Waals surface area contributed by atoms with Gasteiger partial charge in [0.2, 0.25) is 5.88 Å². The summed E-state index contributed by atoms with van der Waals surface area (Å²) >= 11 is 0. The third kappa shape index (κ3) is 3.34. The van der Waals surface area contributed by atoms with E-state index >= 15 is 0 Å². The molecule has 2 rings (SSSR count). The molecule has 2 N–H and O–H groups in total. The summed E-state index contributed by atoms with van der Waals surface area (Å²) in [6, 6.07) is 9.47. The summed E-state index contributed by atoms with van der Waals surface area (Å²) in [6.45, 7) is 0.793. The number of pyridine rings is 2. The van der Waals surface area contributed by atoms with Crippen LogP contribution in [0.5, 0.6) is 5.88 Å². The molecule has 0 amide bonds. The number of aromatic nitrogens is 2. The maximum Gasteiger partial charge on any atom is 0.215 e. The van der Waals surface area contributed by atoms with Crippen LogP contribution >= 0.6 is 0 Å². The molecule has 0 saturated carbocycles. The van der Waals surface area contributed by atoms with Crippen molar-refractivity contribution in [2.24, 2.45) is 0 Å². The van der Waals surface area contributed by atoms with E-state index in [1.807, 2.05) is 30.1 Å². The molecule has 0 unspecified atom stereocenters. The van der Waals surface area contributed by atoms with Gasteiger partial charge >= 0.3 is 0 Å². The van der Waals surface area contributed by atoms with Crippen LogP contribution in [0.4, 0.5) is 11.5 Å². The lowest BCUT2D eigenvalue weighted by Crippen LogP contribution is -2.23. The molecule has 5 nitrogen and oxygen atoms in total. The van der Waals surface area contributed by atoms with E-state index in [2.05, 4.69) is 9.97 Å². The van der Waals surface area contributed by atoms with E-state index in [0.717, 1.165) is 24.5 Å². The Morgan fingerprint density at radius 1 is 1.26 bits per heavy atom. The highest BCUT2D eigenvalue weighted by atomic mass is 16.5. The molecule has 2 aromatic rings. The number of ether oxygens (including phenoxy) is 1. The van der Waals surface area contributed by atoms with Crippen LogP contribution in [0.2, 0.25) is 0 Å². The van der Waals surface area contributed by atoms with Crippen molar-refractivity contribution < 1.29 is 4.74 Å². The topological polar surface area (TPSA) is 64.3 Å². The summed E-state index contributed by atoms with van der Waals surface area (Å²) < 4.78 is 5.12. The Balaban J connectivity index is 2.05. The summed E-state index contributed by atoms with van der Waals surface area (Å²) in [6.07, 6.45) is 2.64. The van der Waals surface area contributed by atoms with Gasteiger partial charge in [0.1, 0.15) is 0 Å². The van der Waals surface area contributed by atoms with Gasteiger partial charge in [0, 0.05) is 38.0 Å². The minimum absolute atomic E-state index is 0.564. The average Bonchev–Trinajstić information content (AvgIpc) is 2.46. The number of nitrogen functional groups attached to an aromatic ring is 1. The van der Waals surface area contributed by atoms with Crippen LogP contribution in [0.15, 0.2) is 36.5 Å². The maximum atomic E-state index is 5.94. The zero-order valence-corrected chi connectivity index (χ0v) is 11.2. The number of anilines is 2. The van der Waals surface area contributed by atoms with Crippen molar-refractivity contribution in [1.29, 1.82) is 0 Å². The quantitative estimate of drug-likeness (QED) is 0.885. The molecular weight excluding hydrogens is 240 g/mol. The van der Waals surface area contributed by atoms with Gasteiger partial charge < -0.3 is 15.4 Å². The lowest BCUT2D eigenvalue weighted by molar-refractivity contribution is 0.398. The van der Waals surface area contributed by atoms with Crippen LogP contribution in [-0.4, -0.2) is 30.7 Å². The van der Waals surface area contributed by atoms with Crippen LogP contribution in [0.25, 0.3) is 0 Å². The van der Waals surface area contributed by atoms with Gasteiger partial charge in [-0.05, 0) is 18.2 Å². The van der Waals surface area contributed by atoms with Crippen molar-refractivity contribution in [2.75, 3.05) is 31.3 Å². The average molecular weight is 258 g/mol. The number of likely N-dealkylation sites (N-methyl/N-ethyl adjacent to an activating group) is 1. The first kappa shape index (κ1) is 13.1. The molecule has 5 heteroatoms. The fourth-order valence-corrected chi connectivity index (χ4v) is 1.80. The molecular formula is C14H18N4O. The standard InChI is InChI=1S/C14H18N4O/c1-18(10-8-11-5-3-4-9-16-11)14-12(15)6-7-13(17-14)19-2/h3-7,9H,8,10,15H2,1-2H3. The van der Waals surface area contributed by atoms with Gasteiger partial charge in [0.05, 0.1) is 12.8 Å². The van der Waals surface area contributed by atoms with Gasteiger partial charge in [-0.3, -0.25) is 4.98 Å². The maximum absolute atomic E-state index is 5.94. The van der Waals surface area contributed by atoms with E-state index < -0.39 is 0 Å². The molecule has 0 radical (unpaired) electrons. The molecule has 0 aromatic carbocycles. The molecule has 2 aromatic heterocycles. The number of nitrogens with zero attached hydrogens (tertiary/aromatic N) is 3.